The molecule has 2 aliphatic heterocycles. The second-order valence-electron chi connectivity index (χ2n) is 7.19. The fraction of sp³-hybridized carbons (Fsp3) is 0.409. The molecule has 2 N–H and O–H groups in total. The molecule has 2 aliphatic rings. The maximum atomic E-state index is 13.4. The first-order valence-corrected chi connectivity index (χ1v) is 9.75. The highest BCUT2D eigenvalue weighted by atomic mass is 16.5. The van der Waals surface area contributed by atoms with Crippen LogP contribution in [0.1, 0.15) is 33.1 Å². The Bertz CT molecular complexity index is 821. The van der Waals surface area contributed by atoms with Crippen LogP contribution >= 0.6 is 0 Å². The van der Waals surface area contributed by atoms with E-state index in [1.807, 2.05) is 29.2 Å². The Balaban J connectivity index is 1.64. The lowest BCUT2D eigenvalue weighted by Gasteiger charge is -2.37. The lowest BCUT2D eigenvalue weighted by Crippen LogP contribution is -2.48. The van der Waals surface area contributed by atoms with E-state index in [1.54, 1.807) is 7.11 Å². The molecule has 5 heteroatoms. The molecule has 0 saturated carbocycles. The van der Waals surface area contributed by atoms with E-state index in [9.17, 15) is 4.79 Å². The Morgan fingerprint density at radius 3 is 2.70 bits per heavy atom. The van der Waals surface area contributed by atoms with E-state index >= 15 is 0 Å². The zero-order valence-electron chi connectivity index (χ0n) is 15.8. The van der Waals surface area contributed by atoms with Crippen molar-refractivity contribution in [3.8, 4) is 5.75 Å². The first-order chi connectivity index (χ1) is 13.3. The second kappa shape index (κ2) is 8.11. The number of piperazine rings is 1. The molecular formula is C22H27N3O2. The van der Waals surface area contributed by atoms with Crippen LogP contribution in [0.4, 0.5) is 0 Å². The normalized spacial score (nSPS) is 19.9. The van der Waals surface area contributed by atoms with Crippen LogP contribution in [-0.2, 0) is 12.8 Å². The van der Waals surface area contributed by atoms with E-state index in [0.29, 0.717) is 6.54 Å². The van der Waals surface area contributed by atoms with Crippen LogP contribution in [0.25, 0.3) is 0 Å². The minimum absolute atomic E-state index is 0.0251. The van der Waals surface area contributed by atoms with Gasteiger partial charge in [-0.25, -0.2) is 0 Å². The molecule has 142 valence electrons. The molecule has 1 fully saturated rings. The van der Waals surface area contributed by atoms with Gasteiger partial charge in [-0.3, -0.25) is 4.79 Å². The molecule has 1 amide bonds. The number of hydrogen-bond acceptors (Lipinski definition) is 4. The number of ether oxygens (including phenoxy) is 1. The van der Waals surface area contributed by atoms with Crippen LogP contribution in [0, 0.1) is 0 Å². The number of amides is 1. The van der Waals surface area contributed by atoms with Gasteiger partial charge in [0.15, 0.2) is 0 Å². The number of methoxy groups -OCH3 is 1. The van der Waals surface area contributed by atoms with Crippen molar-refractivity contribution in [1.82, 2.24) is 15.5 Å². The molecule has 0 aromatic heterocycles. The van der Waals surface area contributed by atoms with E-state index in [-0.39, 0.29) is 11.9 Å². The number of fused-ring (bicyclic) bond motifs is 1. The molecule has 0 aliphatic carbocycles. The molecule has 0 radical (unpaired) electrons. The first kappa shape index (κ1) is 18.0. The average Bonchev–Trinajstić information content (AvgIpc) is 2.98. The van der Waals surface area contributed by atoms with Crippen molar-refractivity contribution in [3.63, 3.8) is 0 Å². The largest absolute Gasteiger partial charge is 0.496 e. The van der Waals surface area contributed by atoms with Gasteiger partial charge in [0.2, 0.25) is 0 Å². The Labute approximate surface area is 160 Å². The lowest BCUT2D eigenvalue weighted by atomic mass is 9.97. The zero-order chi connectivity index (χ0) is 18.6. The van der Waals surface area contributed by atoms with Crippen LogP contribution in [0.15, 0.2) is 42.5 Å². The Morgan fingerprint density at radius 2 is 1.85 bits per heavy atom. The molecule has 1 saturated heterocycles. The SMILES string of the molecule is COc1ccccc1C1CNCCN1C(=O)c1ccc2c(c1)CCNCC2. The Hall–Kier alpha value is -2.37. The Morgan fingerprint density at radius 1 is 1.04 bits per heavy atom. The van der Waals surface area contributed by atoms with Crippen LogP contribution in [0.2, 0.25) is 0 Å². The first-order valence-electron chi connectivity index (χ1n) is 9.75. The summed E-state index contributed by atoms with van der Waals surface area (Å²) in [5.74, 6) is 0.935. The number of nitrogens with one attached hydrogen (secondary N) is 2. The van der Waals surface area contributed by atoms with Gasteiger partial charge >= 0.3 is 0 Å². The van der Waals surface area contributed by atoms with Crippen LogP contribution in [0.5, 0.6) is 5.75 Å². The molecule has 2 aromatic carbocycles. The third-order valence-corrected chi connectivity index (χ3v) is 5.60. The highest BCUT2D eigenvalue weighted by Crippen LogP contribution is 2.31. The molecule has 4 rings (SSSR count). The fourth-order valence-electron chi connectivity index (χ4n) is 4.14. The van der Waals surface area contributed by atoms with Gasteiger partial charge in [0.25, 0.3) is 5.91 Å². The fourth-order valence-corrected chi connectivity index (χ4v) is 4.14. The number of hydrogen-bond donors (Lipinski definition) is 2. The third kappa shape index (κ3) is 3.70. The van der Waals surface area contributed by atoms with E-state index in [2.05, 4.69) is 28.8 Å². The monoisotopic (exact) mass is 365 g/mol. The van der Waals surface area contributed by atoms with Crippen molar-refractivity contribution >= 4 is 5.91 Å². The topological polar surface area (TPSA) is 53.6 Å². The smallest absolute Gasteiger partial charge is 0.254 e. The van der Waals surface area contributed by atoms with Crippen molar-refractivity contribution in [3.05, 3.63) is 64.7 Å². The molecule has 5 nitrogen and oxygen atoms in total. The number of carbonyl (C=O) groups is 1. The van der Waals surface area contributed by atoms with E-state index in [0.717, 1.165) is 55.9 Å². The number of carbonyl (C=O) groups excluding carboxylic acids is 1. The van der Waals surface area contributed by atoms with Crippen molar-refractivity contribution in [2.24, 2.45) is 0 Å². The summed E-state index contributed by atoms with van der Waals surface area (Å²) >= 11 is 0. The van der Waals surface area contributed by atoms with Gasteiger partial charge in [-0.15, -0.1) is 0 Å². The van der Waals surface area contributed by atoms with Crippen LogP contribution < -0.4 is 15.4 Å². The van der Waals surface area contributed by atoms with Gasteiger partial charge in [0.05, 0.1) is 13.2 Å². The number of para-hydroxylation sites is 1. The molecule has 1 unspecified atom stereocenters. The van der Waals surface area contributed by atoms with Gasteiger partial charge in [-0.2, -0.15) is 0 Å². The van der Waals surface area contributed by atoms with E-state index in [1.165, 1.54) is 11.1 Å². The predicted molar refractivity (Wildman–Crippen MR) is 106 cm³/mol. The summed E-state index contributed by atoms with van der Waals surface area (Å²) in [6, 6.07) is 14.2. The zero-order valence-corrected chi connectivity index (χ0v) is 15.8. The highest BCUT2D eigenvalue weighted by molar-refractivity contribution is 5.95. The lowest BCUT2D eigenvalue weighted by molar-refractivity contribution is 0.0631. The molecular weight excluding hydrogens is 338 g/mol. The van der Waals surface area contributed by atoms with Gasteiger partial charge in [-0.1, -0.05) is 24.3 Å². The molecule has 1 atom stereocenters. The maximum absolute atomic E-state index is 13.4. The molecule has 2 heterocycles. The van der Waals surface area contributed by atoms with Gasteiger partial charge < -0.3 is 20.3 Å². The summed E-state index contributed by atoms with van der Waals surface area (Å²) in [5.41, 5.74) is 4.50. The summed E-state index contributed by atoms with van der Waals surface area (Å²) in [6.07, 6.45) is 2.01. The summed E-state index contributed by atoms with van der Waals surface area (Å²) < 4.78 is 5.55. The van der Waals surface area contributed by atoms with Gasteiger partial charge in [0, 0.05) is 30.8 Å². The van der Waals surface area contributed by atoms with Crippen molar-refractivity contribution in [2.45, 2.75) is 18.9 Å². The summed E-state index contributed by atoms with van der Waals surface area (Å²) in [6.45, 7) is 4.23. The number of benzene rings is 2. The second-order valence-corrected chi connectivity index (χ2v) is 7.19. The quantitative estimate of drug-likeness (QED) is 0.875. The highest BCUT2D eigenvalue weighted by Gasteiger charge is 2.30. The summed E-state index contributed by atoms with van der Waals surface area (Å²) in [5, 5.41) is 6.85. The minimum atomic E-state index is -0.0251. The molecule has 2 aromatic rings. The number of rotatable bonds is 3. The van der Waals surface area contributed by atoms with Crippen LogP contribution in [-0.4, -0.2) is 50.6 Å². The summed E-state index contributed by atoms with van der Waals surface area (Å²) in [4.78, 5) is 15.4. The molecule has 27 heavy (non-hydrogen) atoms. The van der Waals surface area contributed by atoms with Crippen molar-refractivity contribution in [2.75, 3.05) is 39.8 Å². The standard InChI is InChI=1S/C22H27N3O2/c1-27-21-5-3-2-4-19(21)20-15-24-12-13-25(20)22(26)18-7-6-16-8-10-23-11-9-17(16)14-18/h2-7,14,20,23-24H,8-13,15H2,1H3. The average molecular weight is 365 g/mol. The summed E-state index contributed by atoms with van der Waals surface area (Å²) in [7, 11) is 1.68. The third-order valence-electron chi connectivity index (χ3n) is 5.60. The Kier molecular flexibility index (Phi) is 5.41. The predicted octanol–water partition coefficient (Wildman–Crippen LogP) is 2.17. The van der Waals surface area contributed by atoms with Gasteiger partial charge in [0.1, 0.15) is 5.75 Å². The van der Waals surface area contributed by atoms with Crippen molar-refractivity contribution < 1.29 is 9.53 Å². The minimum Gasteiger partial charge on any atom is -0.496 e. The van der Waals surface area contributed by atoms with E-state index in [4.69, 9.17) is 4.74 Å². The van der Waals surface area contributed by atoms with Gasteiger partial charge in [-0.05, 0) is 55.3 Å². The van der Waals surface area contributed by atoms with Crippen LogP contribution in [0.3, 0.4) is 0 Å². The molecule has 0 bridgehead atoms. The van der Waals surface area contributed by atoms with Crippen molar-refractivity contribution in [1.29, 1.82) is 0 Å². The van der Waals surface area contributed by atoms with E-state index < -0.39 is 0 Å². The molecule has 0 spiro atoms. The number of nitrogens with zero attached hydrogens (tertiary/aromatic N) is 1. The maximum Gasteiger partial charge on any atom is 0.254 e.